The molecular weight excluding hydrogens is 280 g/mol. The van der Waals surface area contributed by atoms with Crippen molar-refractivity contribution in [3.63, 3.8) is 0 Å². The van der Waals surface area contributed by atoms with Crippen molar-refractivity contribution in [1.82, 2.24) is 9.47 Å². The first-order valence-corrected chi connectivity index (χ1v) is 7.16. The van der Waals surface area contributed by atoms with Gasteiger partial charge in [0.1, 0.15) is 5.69 Å². The molecule has 1 amide bonds. The molecule has 0 unspecified atom stereocenters. The summed E-state index contributed by atoms with van der Waals surface area (Å²) in [7, 11) is 0. The van der Waals surface area contributed by atoms with E-state index in [0.717, 1.165) is 42.6 Å². The molecule has 0 saturated carbocycles. The molecular formula is C13H19BrN2O. The fourth-order valence-corrected chi connectivity index (χ4v) is 2.82. The first-order chi connectivity index (χ1) is 8.22. The van der Waals surface area contributed by atoms with Crippen LogP contribution in [0.2, 0.25) is 0 Å². The quantitative estimate of drug-likeness (QED) is 0.822. The molecule has 0 spiro atoms. The van der Waals surface area contributed by atoms with Crippen LogP contribution >= 0.6 is 15.9 Å². The van der Waals surface area contributed by atoms with Gasteiger partial charge in [0.15, 0.2) is 0 Å². The second-order valence-electron chi connectivity index (χ2n) is 4.54. The summed E-state index contributed by atoms with van der Waals surface area (Å²) in [5, 5.41) is 0. The average Bonchev–Trinajstić information content (AvgIpc) is 2.55. The number of aromatic nitrogens is 1. The van der Waals surface area contributed by atoms with Crippen molar-refractivity contribution in [2.45, 2.75) is 39.2 Å². The molecule has 17 heavy (non-hydrogen) atoms. The van der Waals surface area contributed by atoms with Crippen LogP contribution in [-0.2, 0) is 6.54 Å². The predicted molar refractivity (Wildman–Crippen MR) is 72.2 cm³/mol. The molecule has 2 rings (SSSR count). The first-order valence-electron chi connectivity index (χ1n) is 6.37. The largest absolute Gasteiger partial charge is 0.343 e. The minimum Gasteiger partial charge on any atom is -0.343 e. The van der Waals surface area contributed by atoms with Crippen molar-refractivity contribution >= 4 is 21.8 Å². The Bertz CT molecular complexity index is 392. The van der Waals surface area contributed by atoms with Gasteiger partial charge in [-0.1, -0.05) is 12.8 Å². The van der Waals surface area contributed by atoms with E-state index in [2.05, 4.69) is 22.9 Å². The van der Waals surface area contributed by atoms with Crippen LogP contribution in [0.4, 0.5) is 0 Å². The molecule has 1 fully saturated rings. The Balaban J connectivity index is 2.17. The number of carbonyl (C=O) groups is 1. The molecule has 4 heteroatoms. The SMILES string of the molecule is CCn1cc(Br)cc1C(=O)N1CCCCCC1. The molecule has 0 atom stereocenters. The van der Waals surface area contributed by atoms with Crippen LogP contribution in [0.5, 0.6) is 0 Å². The highest BCUT2D eigenvalue weighted by Gasteiger charge is 2.20. The normalized spacial score (nSPS) is 16.9. The van der Waals surface area contributed by atoms with Gasteiger partial charge in [-0.15, -0.1) is 0 Å². The number of carbonyl (C=O) groups excluding carboxylic acids is 1. The van der Waals surface area contributed by atoms with E-state index in [4.69, 9.17) is 0 Å². The highest BCUT2D eigenvalue weighted by molar-refractivity contribution is 9.10. The third-order valence-electron chi connectivity index (χ3n) is 3.32. The predicted octanol–water partition coefficient (Wildman–Crippen LogP) is 3.29. The van der Waals surface area contributed by atoms with Crippen molar-refractivity contribution in [1.29, 1.82) is 0 Å². The maximum absolute atomic E-state index is 12.4. The van der Waals surface area contributed by atoms with E-state index in [1.807, 2.05) is 21.7 Å². The summed E-state index contributed by atoms with van der Waals surface area (Å²) in [5.41, 5.74) is 0.807. The summed E-state index contributed by atoms with van der Waals surface area (Å²) < 4.78 is 3.00. The molecule has 3 nitrogen and oxygen atoms in total. The van der Waals surface area contributed by atoms with E-state index in [1.54, 1.807) is 0 Å². The number of nitrogens with zero attached hydrogens (tertiary/aromatic N) is 2. The molecule has 0 aromatic carbocycles. The molecule has 1 aromatic rings. The smallest absolute Gasteiger partial charge is 0.270 e. The first kappa shape index (κ1) is 12.7. The lowest BCUT2D eigenvalue weighted by Crippen LogP contribution is -2.33. The zero-order valence-corrected chi connectivity index (χ0v) is 11.9. The van der Waals surface area contributed by atoms with Gasteiger partial charge in [-0.05, 0) is 41.8 Å². The minimum atomic E-state index is 0.180. The Kier molecular flexibility index (Phi) is 4.26. The molecule has 0 radical (unpaired) electrons. The third-order valence-corrected chi connectivity index (χ3v) is 3.75. The monoisotopic (exact) mass is 298 g/mol. The van der Waals surface area contributed by atoms with Crippen LogP contribution in [0, 0.1) is 0 Å². The van der Waals surface area contributed by atoms with Gasteiger partial charge in [-0.25, -0.2) is 0 Å². The van der Waals surface area contributed by atoms with Crippen molar-refractivity contribution in [3.05, 3.63) is 22.4 Å². The third kappa shape index (κ3) is 2.92. The van der Waals surface area contributed by atoms with E-state index >= 15 is 0 Å². The van der Waals surface area contributed by atoms with Crippen molar-refractivity contribution in [3.8, 4) is 0 Å². The maximum Gasteiger partial charge on any atom is 0.270 e. The fourth-order valence-electron chi connectivity index (χ4n) is 2.35. The topological polar surface area (TPSA) is 25.2 Å². The summed E-state index contributed by atoms with van der Waals surface area (Å²) >= 11 is 3.44. The second kappa shape index (κ2) is 5.71. The summed E-state index contributed by atoms with van der Waals surface area (Å²) in [6.45, 7) is 4.71. The van der Waals surface area contributed by atoms with Gasteiger partial charge in [0, 0.05) is 30.3 Å². The molecule has 1 aliphatic heterocycles. The summed E-state index contributed by atoms with van der Waals surface area (Å²) in [4.78, 5) is 14.4. The van der Waals surface area contributed by atoms with E-state index in [1.165, 1.54) is 12.8 Å². The highest BCUT2D eigenvalue weighted by atomic mass is 79.9. The van der Waals surface area contributed by atoms with Crippen LogP contribution < -0.4 is 0 Å². The van der Waals surface area contributed by atoms with Gasteiger partial charge < -0.3 is 9.47 Å². The molecule has 1 saturated heterocycles. The molecule has 1 aromatic heterocycles. The van der Waals surface area contributed by atoms with Crippen LogP contribution in [0.25, 0.3) is 0 Å². The maximum atomic E-state index is 12.4. The number of hydrogen-bond donors (Lipinski definition) is 0. The number of amides is 1. The van der Waals surface area contributed by atoms with Gasteiger partial charge in [-0.2, -0.15) is 0 Å². The van der Waals surface area contributed by atoms with Crippen molar-refractivity contribution in [2.24, 2.45) is 0 Å². The van der Waals surface area contributed by atoms with Crippen molar-refractivity contribution < 1.29 is 4.79 Å². The lowest BCUT2D eigenvalue weighted by Gasteiger charge is -2.20. The number of rotatable bonds is 2. The van der Waals surface area contributed by atoms with Gasteiger partial charge >= 0.3 is 0 Å². The number of likely N-dealkylation sites (tertiary alicyclic amines) is 1. The summed E-state index contributed by atoms with van der Waals surface area (Å²) in [5.74, 6) is 0.180. The lowest BCUT2D eigenvalue weighted by molar-refractivity contribution is 0.0751. The van der Waals surface area contributed by atoms with E-state index < -0.39 is 0 Å². The molecule has 0 N–H and O–H groups in total. The summed E-state index contributed by atoms with van der Waals surface area (Å²) in [6, 6.07) is 1.93. The molecule has 1 aliphatic rings. The van der Waals surface area contributed by atoms with Gasteiger partial charge in [0.2, 0.25) is 0 Å². The fraction of sp³-hybridized carbons (Fsp3) is 0.615. The lowest BCUT2D eigenvalue weighted by atomic mass is 10.2. The zero-order valence-electron chi connectivity index (χ0n) is 10.3. The Hall–Kier alpha value is -0.770. The van der Waals surface area contributed by atoms with Crippen LogP contribution in [0.15, 0.2) is 16.7 Å². The van der Waals surface area contributed by atoms with E-state index in [0.29, 0.717) is 0 Å². The van der Waals surface area contributed by atoms with Gasteiger partial charge in [-0.3, -0.25) is 4.79 Å². The van der Waals surface area contributed by atoms with Crippen molar-refractivity contribution in [2.75, 3.05) is 13.1 Å². The minimum absolute atomic E-state index is 0.180. The van der Waals surface area contributed by atoms with Gasteiger partial charge in [0.05, 0.1) is 0 Å². The Labute approximate surface area is 111 Å². The molecule has 94 valence electrons. The highest BCUT2D eigenvalue weighted by Crippen LogP contribution is 2.18. The second-order valence-corrected chi connectivity index (χ2v) is 5.45. The zero-order chi connectivity index (χ0) is 12.3. The molecule has 0 aliphatic carbocycles. The average molecular weight is 299 g/mol. The molecule has 0 bridgehead atoms. The Morgan fingerprint density at radius 3 is 2.53 bits per heavy atom. The number of halogens is 1. The molecule has 2 heterocycles. The summed E-state index contributed by atoms with van der Waals surface area (Å²) in [6.07, 6.45) is 6.76. The van der Waals surface area contributed by atoms with Crippen LogP contribution in [0.3, 0.4) is 0 Å². The number of aryl methyl sites for hydroxylation is 1. The van der Waals surface area contributed by atoms with Gasteiger partial charge in [0.25, 0.3) is 5.91 Å². The van der Waals surface area contributed by atoms with Crippen LogP contribution in [-0.4, -0.2) is 28.5 Å². The Morgan fingerprint density at radius 1 is 1.29 bits per heavy atom. The van der Waals surface area contributed by atoms with E-state index in [-0.39, 0.29) is 5.91 Å². The standard InChI is InChI=1S/C13H19BrN2O/c1-2-15-10-11(14)9-12(15)13(17)16-7-5-3-4-6-8-16/h9-10H,2-8H2,1H3. The van der Waals surface area contributed by atoms with E-state index in [9.17, 15) is 4.79 Å². The number of hydrogen-bond acceptors (Lipinski definition) is 1. The Morgan fingerprint density at radius 2 is 1.94 bits per heavy atom. The van der Waals surface area contributed by atoms with Crippen LogP contribution in [0.1, 0.15) is 43.1 Å².